The van der Waals surface area contributed by atoms with Gasteiger partial charge in [-0.15, -0.1) is 0 Å². The molecule has 3 rings (SSSR count). The molecule has 1 aromatic carbocycles. The van der Waals surface area contributed by atoms with Crippen molar-refractivity contribution in [2.45, 2.75) is 51.9 Å². The number of para-hydroxylation sites is 1. The van der Waals surface area contributed by atoms with E-state index in [1.54, 1.807) is 24.3 Å². The molecule has 1 fully saturated rings. The summed E-state index contributed by atoms with van der Waals surface area (Å²) in [6.07, 6.45) is 6.16. The topological polar surface area (TPSA) is 76.7 Å². The lowest BCUT2D eigenvalue weighted by Crippen LogP contribution is -2.31. The van der Waals surface area contributed by atoms with Gasteiger partial charge in [0.15, 0.2) is 0 Å². The minimum atomic E-state index is -0.578. The lowest BCUT2D eigenvalue weighted by Gasteiger charge is -2.28. The molecule has 0 bridgehead atoms. The van der Waals surface area contributed by atoms with E-state index in [1.165, 1.54) is 6.42 Å². The zero-order chi connectivity index (χ0) is 18.5. The van der Waals surface area contributed by atoms with E-state index in [9.17, 15) is 14.7 Å². The predicted octanol–water partition coefficient (Wildman–Crippen LogP) is 4.19. The average Bonchev–Trinajstić information content (AvgIpc) is 2.67. The zero-order valence-electron chi connectivity index (χ0n) is 15.2. The molecule has 1 unspecified atom stereocenters. The van der Waals surface area contributed by atoms with E-state index in [-0.39, 0.29) is 29.6 Å². The summed E-state index contributed by atoms with van der Waals surface area (Å²) in [7, 11) is 0. The van der Waals surface area contributed by atoms with E-state index in [0.29, 0.717) is 17.6 Å². The highest BCUT2D eigenvalue weighted by atomic mass is 16.5. The SMILES string of the molecule is CCCOC(=O)C(Cc1c(O)c2ccccc2oc1=O)C1CCCCC1. The molecular weight excluding hydrogens is 332 g/mol. The largest absolute Gasteiger partial charge is 0.507 e. The summed E-state index contributed by atoms with van der Waals surface area (Å²) in [6.45, 7) is 2.33. The molecule has 26 heavy (non-hydrogen) atoms. The Morgan fingerprint density at radius 2 is 2.00 bits per heavy atom. The highest BCUT2D eigenvalue weighted by molar-refractivity contribution is 5.84. The number of esters is 1. The first-order chi connectivity index (χ1) is 12.6. The van der Waals surface area contributed by atoms with Crippen molar-refractivity contribution in [2.75, 3.05) is 6.61 Å². The van der Waals surface area contributed by atoms with Crippen LogP contribution in [-0.2, 0) is 16.0 Å². The molecule has 0 amide bonds. The van der Waals surface area contributed by atoms with Gasteiger partial charge >= 0.3 is 11.6 Å². The van der Waals surface area contributed by atoms with Crippen molar-refractivity contribution in [3.8, 4) is 5.75 Å². The minimum Gasteiger partial charge on any atom is -0.507 e. The van der Waals surface area contributed by atoms with E-state index < -0.39 is 11.5 Å². The van der Waals surface area contributed by atoms with Gasteiger partial charge in [-0.3, -0.25) is 4.79 Å². The first-order valence-electron chi connectivity index (χ1n) is 9.52. The van der Waals surface area contributed by atoms with Gasteiger partial charge in [-0.2, -0.15) is 0 Å². The molecule has 5 heteroatoms. The lowest BCUT2D eigenvalue weighted by atomic mass is 9.77. The normalized spacial score (nSPS) is 16.5. The molecular formula is C21H26O5. The fraction of sp³-hybridized carbons (Fsp3) is 0.524. The van der Waals surface area contributed by atoms with Crippen LogP contribution in [0.4, 0.5) is 0 Å². The van der Waals surface area contributed by atoms with Crippen molar-refractivity contribution in [2.24, 2.45) is 11.8 Å². The van der Waals surface area contributed by atoms with Crippen molar-refractivity contribution in [3.63, 3.8) is 0 Å². The number of carbonyl (C=O) groups is 1. The summed E-state index contributed by atoms with van der Waals surface area (Å²) in [5.74, 6) is -0.596. The Balaban J connectivity index is 1.94. The van der Waals surface area contributed by atoms with Gasteiger partial charge < -0.3 is 14.3 Å². The third-order valence-corrected chi connectivity index (χ3v) is 5.27. The summed E-state index contributed by atoms with van der Waals surface area (Å²) < 4.78 is 10.7. The zero-order valence-corrected chi connectivity index (χ0v) is 15.2. The molecule has 1 aliphatic carbocycles. The van der Waals surface area contributed by atoms with Crippen molar-refractivity contribution in [3.05, 3.63) is 40.2 Å². The lowest BCUT2D eigenvalue weighted by molar-refractivity contribution is -0.151. The second kappa shape index (κ2) is 8.39. The molecule has 1 atom stereocenters. The first-order valence-corrected chi connectivity index (χ1v) is 9.52. The van der Waals surface area contributed by atoms with Gasteiger partial charge in [0.25, 0.3) is 0 Å². The molecule has 1 heterocycles. The molecule has 1 N–H and O–H groups in total. The molecule has 0 spiro atoms. The highest BCUT2D eigenvalue weighted by Gasteiger charge is 2.33. The monoisotopic (exact) mass is 358 g/mol. The summed E-state index contributed by atoms with van der Waals surface area (Å²) in [6, 6.07) is 6.88. The second-order valence-electron chi connectivity index (χ2n) is 7.09. The van der Waals surface area contributed by atoms with Crippen molar-refractivity contribution < 1.29 is 19.1 Å². The van der Waals surface area contributed by atoms with Crippen LogP contribution >= 0.6 is 0 Å². The molecule has 0 saturated heterocycles. The van der Waals surface area contributed by atoms with Gasteiger partial charge in [-0.05, 0) is 43.7 Å². The Morgan fingerprint density at radius 3 is 2.73 bits per heavy atom. The molecule has 140 valence electrons. The van der Waals surface area contributed by atoms with Gasteiger partial charge in [0.05, 0.1) is 23.5 Å². The highest BCUT2D eigenvalue weighted by Crippen LogP contribution is 2.35. The first kappa shape index (κ1) is 18.5. The van der Waals surface area contributed by atoms with Gasteiger partial charge in [-0.1, -0.05) is 38.3 Å². The van der Waals surface area contributed by atoms with Crippen LogP contribution in [0.15, 0.2) is 33.5 Å². The van der Waals surface area contributed by atoms with Crippen LogP contribution < -0.4 is 5.63 Å². The van der Waals surface area contributed by atoms with Crippen molar-refractivity contribution in [1.82, 2.24) is 0 Å². The van der Waals surface area contributed by atoms with Crippen LogP contribution in [0, 0.1) is 11.8 Å². The molecule has 1 saturated carbocycles. The number of carbonyl (C=O) groups excluding carboxylic acids is 1. The Labute approximate surface area is 153 Å². The maximum absolute atomic E-state index is 12.7. The Morgan fingerprint density at radius 1 is 1.27 bits per heavy atom. The number of rotatable bonds is 6. The van der Waals surface area contributed by atoms with Crippen LogP contribution in [-0.4, -0.2) is 17.7 Å². The van der Waals surface area contributed by atoms with Gasteiger partial charge in [0, 0.05) is 0 Å². The maximum Gasteiger partial charge on any atom is 0.343 e. The summed E-state index contributed by atoms with van der Waals surface area (Å²) in [5.41, 5.74) is -0.0560. The maximum atomic E-state index is 12.7. The quantitative estimate of drug-likeness (QED) is 0.619. The number of benzene rings is 1. The van der Waals surface area contributed by atoms with E-state index in [0.717, 1.165) is 32.1 Å². The third-order valence-electron chi connectivity index (χ3n) is 5.27. The van der Waals surface area contributed by atoms with E-state index in [1.807, 2.05) is 6.92 Å². The van der Waals surface area contributed by atoms with Gasteiger partial charge in [-0.25, -0.2) is 4.79 Å². The average molecular weight is 358 g/mol. The Bertz CT molecular complexity index is 817. The second-order valence-corrected chi connectivity index (χ2v) is 7.09. The predicted molar refractivity (Wildman–Crippen MR) is 99.2 cm³/mol. The van der Waals surface area contributed by atoms with Crippen LogP contribution in [0.5, 0.6) is 5.75 Å². The van der Waals surface area contributed by atoms with Crippen LogP contribution in [0.1, 0.15) is 51.0 Å². The fourth-order valence-corrected chi connectivity index (χ4v) is 3.86. The van der Waals surface area contributed by atoms with E-state index in [4.69, 9.17) is 9.15 Å². The fourth-order valence-electron chi connectivity index (χ4n) is 3.86. The summed E-state index contributed by atoms with van der Waals surface area (Å²) in [4.78, 5) is 25.1. The summed E-state index contributed by atoms with van der Waals surface area (Å²) in [5, 5.41) is 11.1. The minimum absolute atomic E-state index is 0.0825. The number of fused-ring (bicyclic) bond motifs is 1. The Kier molecular flexibility index (Phi) is 5.96. The molecule has 1 aromatic heterocycles. The number of hydrogen-bond acceptors (Lipinski definition) is 5. The molecule has 0 radical (unpaired) electrons. The standard InChI is InChI=1S/C21H26O5/c1-2-12-25-20(23)16(14-8-4-3-5-9-14)13-17-19(22)15-10-6-7-11-18(15)26-21(17)24/h6-7,10-11,14,16,22H,2-5,8-9,12-13H2,1H3. The number of hydrogen-bond donors (Lipinski definition) is 1. The van der Waals surface area contributed by atoms with Crippen LogP contribution in [0.25, 0.3) is 11.0 Å². The van der Waals surface area contributed by atoms with Crippen LogP contribution in [0.3, 0.4) is 0 Å². The summed E-state index contributed by atoms with van der Waals surface area (Å²) >= 11 is 0. The van der Waals surface area contributed by atoms with E-state index in [2.05, 4.69) is 0 Å². The van der Waals surface area contributed by atoms with Crippen LogP contribution in [0.2, 0.25) is 0 Å². The molecule has 0 aliphatic heterocycles. The number of ether oxygens (including phenoxy) is 1. The molecule has 1 aliphatic rings. The number of aromatic hydroxyl groups is 1. The van der Waals surface area contributed by atoms with Gasteiger partial charge in [0.2, 0.25) is 0 Å². The van der Waals surface area contributed by atoms with E-state index >= 15 is 0 Å². The van der Waals surface area contributed by atoms with Crippen molar-refractivity contribution in [1.29, 1.82) is 0 Å². The molecule has 5 nitrogen and oxygen atoms in total. The molecule has 2 aromatic rings. The third kappa shape index (κ3) is 3.92. The van der Waals surface area contributed by atoms with Crippen molar-refractivity contribution >= 4 is 16.9 Å². The smallest absolute Gasteiger partial charge is 0.343 e. The van der Waals surface area contributed by atoms with Gasteiger partial charge in [0.1, 0.15) is 11.3 Å². The Hall–Kier alpha value is -2.30.